The van der Waals surface area contributed by atoms with E-state index in [1.54, 1.807) is 0 Å². The maximum absolute atomic E-state index is 13.6. The number of amides is 1. The van der Waals surface area contributed by atoms with Gasteiger partial charge in [-0.2, -0.15) is 0 Å². The molecule has 0 aliphatic carbocycles. The Kier molecular flexibility index (Phi) is 3.50. The van der Waals surface area contributed by atoms with Gasteiger partial charge in [-0.3, -0.25) is 4.79 Å². The van der Waals surface area contributed by atoms with Crippen LogP contribution in [0.2, 0.25) is 0 Å². The Hall–Kier alpha value is -1.98. The van der Waals surface area contributed by atoms with Gasteiger partial charge >= 0.3 is 5.97 Å². The van der Waals surface area contributed by atoms with Crippen LogP contribution in [-0.2, 0) is 4.79 Å². The Balaban J connectivity index is 2.34. The van der Waals surface area contributed by atoms with E-state index in [9.17, 15) is 18.4 Å². The summed E-state index contributed by atoms with van der Waals surface area (Å²) in [5.74, 6) is -3.51. The van der Waals surface area contributed by atoms with Crippen LogP contribution < -0.4 is 0 Å². The van der Waals surface area contributed by atoms with Gasteiger partial charge in [0.05, 0.1) is 5.56 Å². The number of hydrogen-bond acceptors (Lipinski definition) is 2. The van der Waals surface area contributed by atoms with Crippen LogP contribution in [0.4, 0.5) is 8.78 Å². The Morgan fingerprint density at radius 1 is 1.32 bits per heavy atom. The van der Waals surface area contributed by atoms with Crippen molar-refractivity contribution >= 4 is 11.9 Å². The van der Waals surface area contributed by atoms with E-state index < -0.39 is 29.6 Å². The summed E-state index contributed by atoms with van der Waals surface area (Å²) < 4.78 is 26.8. The molecular formula is C13H13F2NO3. The minimum Gasteiger partial charge on any atom is -0.480 e. The normalized spacial score (nSPS) is 18.7. The second-order valence-electron chi connectivity index (χ2n) is 4.58. The molecule has 19 heavy (non-hydrogen) atoms. The van der Waals surface area contributed by atoms with Crippen molar-refractivity contribution in [3.05, 3.63) is 34.9 Å². The van der Waals surface area contributed by atoms with Crippen molar-refractivity contribution in [2.24, 2.45) is 0 Å². The molecule has 0 spiro atoms. The largest absolute Gasteiger partial charge is 0.480 e. The number of carboxylic acids is 1. The molecule has 0 aromatic heterocycles. The summed E-state index contributed by atoms with van der Waals surface area (Å²) in [5.41, 5.74) is -0.136. The Bertz CT molecular complexity index is 545. The fourth-order valence-electron chi connectivity index (χ4n) is 2.24. The molecular weight excluding hydrogens is 256 g/mol. The number of rotatable bonds is 2. The lowest BCUT2D eigenvalue weighted by Crippen LogP contribution is -2.40. The van der Waals surface area contributed by atoms with Crippen molar-refractivity contribution in [2.45, 2.75) is 25.8 Å². The summed E-state index contributed by atoms with van der Waals surface area (Å²) in [6, 6.07) is 0.829. The van der Waals surface area contributed by atoms with Crippen molar-refractivity contribution in [3.8, 4) is 0 Å². The molecule has 0 radical (unpaired) electrons. The SMILES string of the molecule is Cc1cc(C(=O)N2CCC[C@@H]2C(=O)O)c(F)cc1F. The number of halogens is 2. The predicted molar refractivity (Wildman–Crippen MR) is 62.8 cm³/mol. The van der Waals surface area contributed by atoms with Gasteiger partial charge in [0, 0.05) is 12.6 Å². The zero-order chi connectivity index (χ0) is 14.2. The quantitative estimate of drug-likeness (QED) is 0.893. The van der Waals surface area contributed by atoms with Crippen LogP contribution in [0.25, 0.3) is 0 Å². The van der Waals surface area contributed by atoms with Gasteiger partial charge in [-0.15, -0.1) is 0 Å². The zero-order valence-corrected chi connectivity index (χ0v) is 10.3. The number of aliphatic carboxylic acids is 1. The highest BCUT2D eigenvalue weighted by Crippen LogP contribution is 2.23. The molecule has 1 atom stereocenters. The Labute approximate surface area is 108 Å². The van der Waals surface area contributed by atoms with E-state index in [-0.39, 0.29) is 17.7 Å². The number of likely N-dealkylation sites (tertiary alicyclic amines) is 1. The van der Waals surface area contributed by atoms with Crippen molar-refractivity contribution in [2.75, 3.05) is 6.54 Å². The monoisotopic (exact) mass is 269 g/mol. The first-order chi connectivity index (χ1) is 8.91. The van der Waals surface area contributed by atoms with Gasteiger partial charge in [-0.25, -0.2) is 13.6 Å². The third kappa shape index (κ3) is 2.43. The maximum atomic E-state index is 13.6. The Morgan fingerprint density at radius 2 is 2.00 bits per heavy atom. The summed E-state index contributed by atoms with van der Waals surface area (Å²) in [4.78, 5) is 24.3. The minimum absolute atomic E-state index is 0.149. The third-order valence-electron chi connectivity index (χ3n) is 3.28. The number of aryl methyl sites for hydroxylation is 1. The summed E-state index contributed by atoms with van der Waals surface area (Å²) in [7, 11) is 0. The van der Waals surface area contributed by atoms with Crippen molar-refractivity contribution in [1.82, 2.24) is 4.90 Å². The van der Waals surface area contributed by atoms with E-state index in [0.717, 1.165) is 11.0 Å². The number of hydrogen-bond donors (Lipinski definition) is 1. The van der Waals surface area contributed by atoms with Gasteiger partial charge in [-0.05, 0) is 31.4 Å². The van der Waals surface area contributed by atoms with E-state index in [1.807, 2.05) is 0 Å². The van der Waals surface area contributed by atoms with Gasteiger partial charge in [0.15, 0.2) is 0 Å². The van der Waals surface area contributed by atoms with E-state index in [0.29, 0.717) is 18.9 Å². The number of nitrogens with zero attached hydrogens (tertiary/aromatic N) is 1. The first-order valence-electron chi connectivity index (χ1n) is 5.91. The van der Waals surface area contributed by atoms with Crippen LogP contribution in [0.15, 0.2) is 12.1 Å². The molecule has 0 unspecified atom stereocenters. The highest BCUT2D eigenvalue weighted by molar-refractivity contribution is 5.97. The van der Waals surface area contributed by atoms with Crippen LogP contribution in [0.3, 0.4) is 0 Å². The highest BCUT2D eigenvalue weighted by atomic mass is 19.1. The number of carbonyl (C=O) groups excluding carboxylic acids is 1. The highest BCUT2D eigenvalue weighted by Gasteiger charge is 2.35. The molecule has 0 saturated carbocycles. The number of carbonyl (C=O) groups is 2. The second kappa shape index (κ2) is 4.95. The van der Waals surface area contributed by atoms with Gasteiger partial charge in [0.2, 0.25) is 0 Å². The fourth-order valence-corrected chi connectivity index (χ4v) is 2.24. The molecule has 4 nitrogen and oxygen atoms in total. The van der Waals surface area contributed by atoms with E-state index in [1.165, 1.54) is 6.92 Å². The van der Waals surface area contributed by atoms with Crippen LogP contribution in [0.1, 0.15) is 28.8 Å². The summed E-state index contributed by atoms with van der Waals surface area (Å²) >= 11 is 0. The lowest BCUT2D eigenvalue weighted by Gasteiger charge is -2.21. The zero-order valence-electron chi connectivity index (χ0n) is 10.3. The molecule has 1 saturated heterocycles. The summed E-state index contributed by atoms with van der Waals surface area (Å²) in [5, 5.41) is 9.00. The van der Waals surface area contributed by atoms with Crippen LogP contribution in [-0.4, -0.2) is 34.5 Å². The summed E-state index contributed by atoms with van der Waals surface area (Å²) in [6.07, 6.45) is 0.910. The lowest BCUT2D eigenvalue weighted by atomic mass is 10.1. The molecule has 6 heteroatoms. The average molecular weight is 269 g/mol. The maximum Gasteiger partial charge on any atom is 0.326 e. The third-order valence-corrected chi connectivity index (χ3v) is 3.28. The molecule has 1 aliphatic heterocycles. The van der Waals surface area contributed by atoms with Crippen molar-refractivity contribution < 1.29 is 23.5 Å². The molecule has 2 rings (SSSR count). The van der Waals surface area contributed by atoms with E-state index >= 15 is 0 Å². The number of benzene rings is 1. The molecule has 1 heterocycles. The van der Waals surface area contributed by atoms with Crippen molar-refractivity contribution in [1.29, 1.82) is 0 Å². The molecule has 1 N–H and O–H groups in total. The van der Waals surface area contributed by atoms with Crippen LogP contribution in [0.5, 0.6) is 0 Å². The average Bonchev–Trinajstić information content (AvgIpc) is 2.82. The van der Waals surface area contributed by atoms with Gasteiger partial charge in [0.1, 0.15) is 17.7 Å². The molecule has 1 aromatic rings. The topological polar surface area (TPSA) is 57.6 Å². The molecule has 102 valence electrons. The predicted octanol–water partition coefficient (Wildman–Crippen LogP) is 1.96. The standard InChI is InChI=1S/C13H13F2NO3/c1-7-5-8(10(15)6-9(7)14)12(17)16-4-2-3-11(16)13(18)19/h5-6,11H,2-4H2,1H3,(H,18,19)/t11-/m1/s1. The first kappa shape index (κ1) is 13.5. The van der Waals surface area contributed by atoms with Crippen LogP contribution >= 0.6 is 0 Å². The molecule has 0 bridgehead atoms. The van der Waals surface area contributed by atoms with Gasteiger partial charge < -0.3 is 10.0 Å². The van der Waals surface area contributed by atoms with Crippen molar-refractivity contribution in [3.63, 3.8) is 0 Å². The molecule has 1 aromatic carbocycles. The minimum atomic E-state index is -1.11. The number of carboxylic acid groups (broad SMARTS) is 1. The van der Waals surface area contributed by atoms with Gasteiger partial charge in [0.25, 0.3) is 5.91 Å². The molecule has 1 fully saturated rings. The lowest BCUT2D eigenvalue weighted by molar-refractivity contribution is -0.141. The van der Waals surface area contributed by atoms with Crippen LogP contribution in [0, 0.1) is 18.6 Å². The molecule has 1 aliphatic rings. The fraction of sp³-hybridized carbons (Fsp3) is 0.385. The van der Waals surface area contributed by atoms with Gasteiger partial charge in [-0.1, -0.05) is 0 Å². The Morgan fingerprint density at radius 3 is 2.63 bits per heavy atom. The molecule has 1 amide bonds. The second-order valence-corrected chi connectivity index (χ2v) is 4.58. The van der Waals surface area contributed by atoms with E-state index in [2.05, 4.69) is 0 Å². The smallest absolute Gasteiger partial charge is 0.326 e. The van der Waals surface area contributed by atoms with E-state index in [4.69, 9.17) is 5.11 Å². The summed E-state index contributed by atoms with van der Waals surface area (Å²) in [6.45, 7) is 1.69. The first-order valence-corrected chi connectivity index (χ1v) is 5.91.